The van der Waals surface area contributed by atoms with Gasteiger partial charge in [0.15, 0.2) is 0 Å². The molecule has 2 heterocycles. The van der Waals surface area contributed by atoms with Gasteiger partial charge in [0.2, 0.25) is 0 Å². The maximum absolute atomic E-state index is 10.8. The molecule has 5 nitrogen and oxygen atoms in total. The van der Waals surface area contributed by atoms with E-state index in [0.29, 0.717) is 0 Å². The minimum absolute atomic E-state index is 0.125. The molecule has 2 rings (SSSR count). The van der Waals surface area contributed by atoms with Crippen molar-refractivity contribution in [2.24, 2.45) is 0 Å². The van der Waals surface area contributed by atoms with Crippen molar-refractivity contribution in [3.8, 4) is 0 Å². The number of nitrogens with zero attached hydrogens (tertiary/aromatic N) is 3. The van der Waals surface area contributed by atoms with Crippen LogP contribution in [0, 0.1) is 0 Å². The Balaban J connectivity index is 2.16. The van der Waals surface area contributed by atoms with Crippen LogP contribution < -0.4 is 0 Å². The second kappa shape index (κ2) is 4.65. The van der Waals surface area contributed by atoms with E-state index >= 15 is 0 Å². The third kappa shape index (κ3) is 2.09. The maximum atomic E-state index is 10.8. The Morgan fingerprint density at radius 3 is 3.19 bits per heavy atom. The second-order valence-corrected chi connectivity index (χ2v) is 4.09. The first kappa shape index (κ1) is 11.1. The van der Waals surface area contributed by atoms with Gasteiger partial charge in [0, 0.05) is 12.7 Å². The van der Waals surface area contributed by atoms with Gasteiger partial charge >= 0.3 is 5.97 Å². The first-order chi connectivity index (χ1) is 7.72. The lowest BCUT2D eigenvalue weighted by atomic mass is 10.1. The number of aliphatic carboxylic acids is 1. The van der Waals surface area contributed by atoms with Crippen molar-refractivity contribution >= 4 is 5.97 Å². The average molecular weight is 223 g/mol. The minimum Gasteiger partial charge on any atom is -0.480 e. The van der Waals surface area contributed by atoms with Gasteiger partial charge in [-0.25, -0.2) is 0 Å². The lowest BCUT2D eigenvalue weighted by Crippen LogP contribution is -2.30. The summed E-state index contributed by atoms with van der Waals surface area (Å²) in [7, 11) is 0. The molecule has 0 aromatic carbocycles. The molecule has 0 unspecified atom stereocenters. The molecule has 0 saturated carbocycles. The lowest BCUT2D eigenvalue weighted by molar-refractivity contribution is -0.138. The Labute approximate surface area is 94.7 Å². The number of aryl methyl sites for hydroxylation is 1. The number of hydrogen-bond donors (Lipinski definition) is 1. The van der Waals surface area contributed by atoms with Crippen LogP contribution in [-0.2, 0) is 11.3 Å². The number of carbonyl (C=O) groups is 1. The molecule has 0 radical (unpaired) electrons. The molecule has 1 fully saturated rings. The zero-order valence-corrected chi connectivity index (χ0v) is 9.46. The SMILES string of the molecule is CCn1nccc1[C@H]1CCCN1CC(=O)O. The second-order valence-electron chi connectivity index (χ2n) is 4.09. The third-order valence-electron chi connectivity index (χ3n) is 3.09. The fourth-order valence-electron chi connectivity index (χ4n) is 2.41. The minimum atomic E-state index is -0.755. The first-order valence-electron chi connectivity index (χ1n) is 5.70. The van der Waals surface area contributed by atoms with Gasteiger partial charge in [-0.2, -0.15) is 5.10 Å². The molecule has 0 bridgehead atoms. The number of carboxylic acid groups (broad SMARTS) is 1. The van der Waals surface area contributed by atoms with Gasteiger partial charge in [-0.05, 0) is 32.4 Å². The van der Waals surface area contributed by atoms with Crippen LogP contribution in [0.15, 0.2) is 12.3 Å². The average Bonchev–Trinajstić information content (AvgIpc) is 2.83. The normalized spacial score (nSPS) is 21.4. The Kier molecular flexibility index (Phi) is 3.24. The van der Waals surface area contributed by atoms with E-state index in [1.54, 1.807) is 6.20 Å². The lowest BCUT2D eigenvalue weighted by Gasteiger charge is -2.23. The zero-order chi connectivity index (χ0) is 11.5. The third-order valence-corrected chi connectivity index (χ3v) is 3.09. The van der Waals surface area contributed by atoms with E-state index in [2.05, 4.69) is 5.10 Å². The van der Waals surface area contributed by atoms with Crippen molar-refractivity contribution in [2.75, 3.05) is 13.1 Å². The standard InChI is InChI=1S/C11H17N3O2/c1-2-14-10(5-6-12-14)9-4-3-7-13(9)8-11(15)16/h5-6,9H,2-4,7-8H2,1H3,(H,15,16)/t9-/m1/s1. The van der Waals surface area contributed by atoms with Gasteiger partial charge in [0.25, 0.3) is 0 Å². The van der Waals surface area contributed by atoms with E-state index in [1.165, 1.54) is 0 Å². The van der Waals surface area contributed by atoms with Gasteiger partial charge in [0.1, 0.15) is 0 Å². The molecule has 1 aromatic heterocycles. The highest BCUT2D eigenvalue weighted by Gasteiger charge is 2.29. The van der Waals surface area contributed by atoms with Crippen LogP contribution in [0.5, 0.6) is 0 Å². The molecule has 1 aliphatic rings. The molecular weight excluding hydrogens is 206 g/mol. The van der Waals surface area contributed by atoms with Crippen molar-refractivity contribution in [2.45, 2.75) is 32.4 Å². The molecule has 16 heavy (non-hydrogen) atoms. The largest absolute Gasteiger partial charge is 0.480 e. The van der Waals surface area contributed by atoms with E-state index in [4.69, 9.17) is 5.11 Å². The summed E-state index contributed by atoms with van der Waals surface area (Å²) >= 11 is 0. The summed E-state index contributed by atoms with van der Waals surface area (Å²) in [6.45, 7) is 3.87. The molecule has 88 valence electrons. The molecule has 5 heteroatoms. The Hall–Kier alpha value is -1.36. The first-order valence-corrected chi connectivity index (χ1v) is 5.70. The van der Waals surface area contributed by atoms with Crippen LogP contribution >= 0.6 is 0 Å². The number of aromatic nitrogens is 2. The molecule has 1 saturated heterocycles. The number of likely N-dealkylation sites (tertiary alicyclic amines) is 1. The summed E-state index contributed by atoms with van der Waals surface area (Å²) in [6, 6.07) is 2.22. The Bertz CT molecular complexity index is 375. The van der Waals surface area contributed by atoms with Crippen molar-refractivity contribution in [1.29, 1.82) is 0 Å². The van der Waals surface area contributed by atoms with Gasteiger partial charge in [-0.15, -0.1) is 0 Å². The van der Waals surface area contributed by atoms with Crippen LogP contribution in [-0.4, -0.2) is 38.8 Å². The van der Waals surface area contributed by atoms with E-state index in [9.17, 15) is 4.79 Å². The summed E-state index contributed by atoms with van der Waals surface area (Å²) in [5, 5.41) is 13.1. The molecule has 1 atom stereocenters. The van der Waals surface area contributed by atoms with Crippen molar-refractivity contribution in [3.05, 3.63) is 18.0 Å². The van der Waals surface area contributed by atoms with Crippen LogP contribution in [0.25, 0.3) is 0 Å². The fourth-order valence-corrected chi connectivity index (χ4v) is 2.41. The van der Waals surface area contributed by atoms with Gasteiger partial charge in [-0.1, -0.05) is 0 Å². The highest BCUT2D eigenvalue weighted by Crippen LogP contribution is 2.31. The van der Waals surface area contributed by atoms with E-state index in [0.717, 1.165) is 31.6 Å². The van der Waals surface area contributed by atoms with Gasteiger partial charge < -0.3 is 5.11 Å². The van der Waals surface area contributed by atoms with E-state index in [-0.39, 0.29) is 12.6 Å². The summed E-state index contributed by atoms with van der Waals surface area (Å²) in [5.74, 6) is -0.755. The van der Waals surface area contributed by atoms with E-state index < -0.39 is 5.97 Å². The summed E-state index contributed by atoms with van der Waals surface area (Å²) in [6.07, 6.45) is 3.88. The Morgan fingerprint density at radius 2 is 2.50 bits per heavy atom. The molecular formula is C11H17N3O2. The summed E-state index contributed by atoms with van der Waals surface area (Å²) in [4.78, 5) is 12.8. The molecule has 1 N–H and O–H groups in total. The van der Waals surface area contributed by atoms with Crippen LogP contribution in [0.3, 0.4) is 0 Å². The zero-order valence-electron chi connectivity index (χ0n) is 9.46. The highest BCUT2D eigenvalue weighted by molar-refractivity contribution is 5.69. The molecule has 1 aliphatic heterocycles. The fraction of sp³-hybridized carbons (Fsp3) is 0.636. The smallest absolute Gasteiger partial charge is 0.317 e. The summed E-state index contributed by atoms with van der Waals surface area (Å²) < 4.78 is 1.95. The molecule has 0 amide bonds. The molecule has 0 aliphatic carbocycles. The monoisotopic (exact) mass is 223 g/mol. The van der Waals surface area contributed by atoms with Gasteiger partial charge in [-0.3, -0.25) is 14.4 Å². The Morgan fingerprint density at radius 1 is 1.69 bits per heavy atom. The maximum Gasteiger partial charge on any atom is 0.317 e. The quantitative estimate of drug-likeness (QED) is 0.831. The van der Waals surface area contributed by atoms with Crippen LogP contribution in [0.1, 0.15) is 31.5 Å². The van der Waals surface area contributed by atoms with Crippen LogP contribution in [0.4, 0.5) is 0 Å². The predicted molar refractivity (Wildman–Crippen MR) is 59.1 cm³/mol. The number of rotatable bonds is 4. The van der Waals surface area contributed by atoms with E-state index in [1.807, 2.05) is 22.6 Å². The number of carboxylic acids is 1. The van der Waals surface area contributed by atoms with Crippen LogP contribution in [0.2, 0.25) is 0 Å². The van der Waals surface area contributed by atoms with Crippen molar-refractivity contribution < 1.29 is 9.90 Å². The molecule has 1 aromatic rings. The number of hydrogen-bond acceptors (Lipinski definition) is 3. The van der Waals surface area contributed by atoms with Crippen molar-refractivity contribution in [3.63, 3.8) is 0 Å². The highest BCUT2D eigenvalue weighted by atomic mass is 16.4. The predicted octanol–water partition coefficient (Wildman–Crippen LogP) is 1.12. The topological polar surface area (TPSA) is 58.4 Å². The van der Waals surface area contributed by atoms with Gasteiger partial charge in [0.05, 0.1) is 18.3 Å². The summed E-state index contributed by atoms with van der Waals surface area (Å²) in [5.41, 5.74) is 1.14. The van der Waals surface area contributed by atoms with Crippen molar-refractivity contribution in [1.82, 2.24) is 14.7 Å². The molecule has 0 spiro atoms.